The first-order valence-corrected chi connectivity index (χ1v) is 5.83. The van der Waals surface area contributed by atoms with Gasteiger partial charge in [-0.25, -0.2) is 0 Å². The van der Waals surface area contributed by atoms with Crippen LogP contribution in [0, 0.1) is 11.3 Å². The highest BCUT2D eigenvalue weighted by atomic mass is 19.3. The molecule has 0 bridgehead atoms. The van der Waals surface area contributed by atoms with Crippen molar-refractivity contribution in [3.63, 3.8) is 0 Å². The topological polar surface area (TPSA) is 62.1 Å². The number of ether oxygens (including phenoxy) is 1. The van der Waals surface area contributed by atoms with Crippen LogP contribution in [-0.4, -0.2) is 19.1 Å². The Labute approximate surface area is 110 Å². The molecule has 0 aromatic heterocycles. The molecule has 0 aliphatic carbocycles. The molecular weight excluding hydrogens is 254 g/mol. The first-order chi connectivity index (χ1) is 9.13. The lowest BCUT2D eigenvalue weighted by molar-refractivity contribution is -0.0498. The predicted molar refractivity (Wildman–Crippen MR) is 64.9 cm³/mol. The largest absolute Gasteiger partial charge is 0.435 e. The monoisotopic (exact) mass is 268 g/mol. The number of carbonyl (C=O) groups is 1. The maximum absolute atomic E-state index is 12.0. The summed E-state index contributed by atoms with van der Waals surface area (Å²) in [6.45, 7) is -2.47. The standard InChI is InChI=1S/C13H14F2N2O2/c14-13(15)19-11-6-4-5-10(9-11)12(18)17-8-3-1-2-7-16/h4-6,9,13H,1-3,8H2,(H,17,18). The molecule has 1 aromatic rings. The molecule has 1 amide bonds. The Kier molecular flexibility index (Phi) is 6.30. The van der Waals surface area contributed by atoms with Crippen molar-refractivity contribution in [2.45, 2.75) is 25.9 Å². The molecule has 0 saturated carbocycles. The third-order valence-corrected chi connectivity index (χ3v) is 2.32. The van der Waals surface area contributed by atoms with Gasteiger partial charge in [-0.05, 0) is 31.0 Å². The Bertz CT molecular complexity index is 458. The lowest BCUT2D eigenvalue weighted by atomic mass is 10.2. The molecule has 102 valence electrons. The second-order valence-electron chi connectivity index (χ2n) is 3.78. The zero-order valence-electron chi connectivity index (χ0n) is 10.2. The second kappa shape index (κ2) is 8.03. The minimum absolute atomic E-state index is 0.0490. The number of benzene rings is 1. The van der Waals surface area contributed by atoms with Crippen molar-refractivity contribution >= 4 is 5.91 Å². The predicted octanol–water partition coefficient (Wildman–Crippen LogP) is 2.71. The van der Waals surface area contributed by atoms with E-state index in [4.69, 9.17) is 5.26 Å². The molecule has 0 fully saturated rings. The summed E-state index contributed by atoms with van der Waals surface area (Å²) in [5.41, 5.74) is 0.262. The third-order valence-electron chi connectivity index (χ3n) is 2.32. The van der Waals surface area contributed by atoms with Gasteiger partial charge < -0.3 is 10.1 Å². The highest BCUT2D eigenvalue weighted by Crippen LogP contribution is 2.15. The number of hydrogen-bond acceptors (Lipinski definition) is 3. The van der Waals surface area contributed by atoms with E-state index in [2.05, 4.69) is 10.1 Å². The van der Waals surface area contributed by atoms with Crippen molar-refractivity contribution in [3.8, 4) is 11.8 Å². The maximum Gasteiger partial charge on any atom is 0.387 e. The number of halogens is 2. The summed E-state index contributed by atoms with van der Waals surface area (Å²) in [5.74, 6) is -0.399. The smallest absolute Gasteiger partial charge is 0.387 e. The zero-order valence-corrected chi connectivity index (χ0v) is 10.2. The number of nitrogens with zero attached hydrogens (tertiary/aromatic N) is 1. The normalized spacial score (nSPS) is 10.0. The first kappa shape index (κ1) is 14.9. The lowest BCUT2D eigenvalue weighted by Gasteiger charge is -2.07. The van der Waals surface area contributed by atoms with E-state index in [1.165, 1.54) is 24.3 Å². The van der Waals surface area contributed by atoms with Gasteiger partial charge >= 0.3 is 6.61 Å². The molecule has 6 heteroatoms. The lowest BCUT2D eigenvalue weighted by Crippen LogP contribution is -2.24. The molecule has 0 heterocycles. The number of alkyl halides is 2. The first-order valence-electron chi connectivity index (χ1n) is 5.83. The Morgan fingerprint density at radius 3 is 2.89 bits per heavy atom. The minimum Gasteiger partial charge on any atom is -0.435 e. The Balaban J connectivity index is 2.46. The van der Waals surface area contributed by atoms with Gasteiger partial charge in [-0.15, -0.1) is 0 Å². The maximum atomic E-state index is 12.0. The van der Waals surface area contributed by atoms with Gasteiger partial charge in [-0.3, -0.25) is 4.79 Å². The Hall–Kier alpha value is -2.16. The number of amides is 1. The Morgan fingerprint density at radius 1 is 1.42 bits per heavy atom. The van der Waals surface area contributed by atoms with Crippen LogP contribution in [0.5, 0.6) is 5.75 Å². The van der Waals surface area contributed by atoms with Crippen molar-refractivity contribution in [1.82, 2.24) is 5.32 Å². The summed E-state index contributed by atoms with van der Waals surface area (Å²) >= 11 is 0. The van der Waals surface area contributed by atoms with Gasteiger partial charge in [0.15, 0.2) is 0 Å². The van der Waals surface area contributed by atoms with Gasteiger partial charge in [0, 0.05) is 18.5 Å². The molecule has 0 spiro atoms. The quantitative estimate of drug-likeness (QED) is 0.773. The van der Waals surface area contributed by atoms with Crippen LogP contribution >= 0.6 is 0 Å². The van der Waals surface area contributed by atoms with E-state index >= 15 is 0 Å². The zero-order chi connectivity index (χ0) is 14.1. The summed E-state index contributed by atoms with van der Waals surface area (Å²) in [7, 11) is 0. The number of rotatable bonds is 7. The van der Waals surface area contributed by atoms with Crippen LogP contribution in [-0.2, 0) is 0 Å². The van der Waals surface area contributed by atoms with Gasteiger partial charge in [0.05, 0.1) is 6.07 Å². The van der Waals surface area contributed by atoms with Gasteiger partial charge in [0.1, 0.15) is 5.75 Å². The number of unbranched alkanes of at least 4 members (excludes halogenated alkanes) is 2. The molecule has 1 aromatic carbocycles. The highest BCUT2D eigenvalue weighted by molar-refractivity contribution is 5.94. The van der Waals surface area contributed by atoms with E-state index in [1.54, 1.807) is 0 Å². The van der Waals surface area contributed by atoms with Crippen molar-refractivity contribution in [2.24, 2.45) is 0 Å². The summed E-state index contributed by atoms with van der Waals surface area (Å²) < 4.78 is 28.3. The van der Waals surface area contributed by atoms with Crippen LogP contribution in [0.25, 0.3) is 0 Å². The number of carbonyl (C=O) groups excluding carboxylic acids is 1. The fourth-order valence-corrected chi connectivity index (χ4v) is 1.45. The minimum atomic E-state index is -2.91. The summed E-state index contributed by atoms with van der Waals surface area (Å²) in [6, 6.07) is 7.62. The van der Waals surface area contributed by atoms with Gasteiger partial charge in [-0.2, -0.15) is 14.0 Å². The van der Waals surface area contributed by atoms with Crippen LogP contribution in [0.15, 0.2) is 24.3 Å². The van der Waals surface area contributed by atoms with Crippen molar-refractivity contribution in [2.75, 3.05) is 6.54 Å². The van der Waals surface area contributed by atoms with Crippen molar-refractivity contribution in [1.29, 1.82) is 5.26 Å². The molecule has 0 aliphatic heterocycles. The number of nitrogens with one attached hydrogen (secondary N) is 1. The van der Waals surface area contributed by atoms with Crippen LogP contribution < -0.4 is 10.1 Å². The molecule has 0 aliphatic rings. The molecule has 1 rings (SSSR count). The number of nitriles is 1. The second-order valence-corrected chi connectivity index (χ2v) is 3.78. The molecule has 19 heavy (non-hydrogen) atoms. The SMILES string of the molecule is N#CCCCCNC(=O)c1cccc(OC(F)F)c1. The molecule has 0 unspecified atom stereocenters. The molecule has 0 radical (unpaired) electrons. The molecular formula is C13H14F2N2O2. The van der Waals surface area contributed by atoms with E-state index in [9.17, 15) is 13.6 Å². The molecule has 1 N–H and O–H groups in total. The summed E-state index contributed by atoms with van der Waals surface area (Å²) in [4.78, 5) is 11.7. The van der Waals surface area contributed by atoms with Crippen LogP contribution in [0.2, 0.25) is 0 Å². The van der Waals surface area contributed by atoms with Crippen LogP contribution in [0.1, 0.15) is 29.6 Å². The van der Waals surface area contributed by atoms with E-state index in [1.807, 2.05) is 6.07 Å². The van der Waals surface area contributed by atoms with Gasteiger partial charge in [-0.1, -0.05) is 6.07 Å². The van der Waals surface area contributed by atoms with Crippen molar-refractivity contribution in [3.05, 3.63) is 29.8 Å². The van der Waals surface area contributed by atoms with Crippen molar-refractivity contribution < 1.29 is 18.3 Å². The average Bonchev–Trinajstić information content (AvgIpc) is 2.38. The number of hydrogen-bond donors (Lipinski definition) is 1. The van der Waals surface area contributed by atoms with Crippen LogP contribution in [0.3, 0.4) is 0 Å². The van der Waals surface area contributed by atoms with Crippen LogP contribution in [0.4, 0.5) is 8.78 Å². The molecule has 0 atom stereocenters. The fraction of sp³-hybridized carbons (Fsp3) is 0.385. The summed E-state index contributed by atoms with van der Waals surface area (Å²) in [6.07, 6.45) is 1.87. The van der Waals surface area contributed by atoms with E-state index in [0.29, 0.717) is 25.8 Å². The molecule has 4 nitrogen and oxygen atoms in total. The van der Waals surface area contributed by atoms with E-state index in [0.717, 1.165) is 0 Å². The Morgan fingerprint density at radius 2 is 2.21 bits per heavy atom. The molecule has 0 saturated heterocycles. The average molecular weight is 268 g/mol. The van der Waals surface area contributed by atoms with E-state index < -0.39 is 6.61 Å². The third kappa shape index (κ3) is 5.82. The summed E-state index contributed by atoms with van der Waals surface area (Å²) in [5, 5.41) is 11.0. The highest BCUT2D eigenvalue weighted by Gasteiger charge is 2.08. The fourth-order valence-electron chi connectivity index (χ4n) is 1.45. The van der Waals surface area contributed by atoms with Gasteiger partial charge in [0.25, 0.3) is 5.91 Å². The van der Waals surface area contributed by atoms with Gasteiger partial charge in [0.2, 0.25) is 0 Å². The van der Waals surface area contributed by atoms with E-state index in [-0.39, 0.29) is 17.2 Å².